The Morgan fingerprint density at radius 1 is 0.652 bits per heavy atom. The van der Waals surface area contributed by atoms with Gasteiger partial charge in [-0.1, -0.05) is 97.1 Å². The van der Waals surface area contributed by atoms with Gasteiger partial charge in [0.1, 0.15) is 0 Å². The Morgan fingerprint density at radius 3 is 1.57 bits per heavy atom. The van der Waals surface area contributed by atoms with E-state index < -0.39 is 0 Å². The van der Waals surface area contributed by atoms with Crippen LogP contribution in [0.3, 0.4) is 0 Å². The van der Waals surface area contributed by atoms with Crippen molar-refractivity contribution < 1.29 is 0 Å². The van der Waals surface area contributed by atoms with Gasteiger partial charge in [0.2, 0.25) is 0 Å². The number of allylic oxidation sites excluding steroid dienone is 2. The van der Waals surface area contributed by atoms with Crippen LogP contribution in [0.4, 0.5) is 0 Å². The second-order valence-corrected chi connectivity index (χ2v) is 5.67. The largest absolute Gasteiger partial charge is 0.0984 e. The first-order valence-corrected chi connectivity index (χ1v) is 7.91. The first-order chi connectivity index (χ1) is 11.3. The van der Waals surface area contributed by atoms with E-state index in [2.05, 4.69) is 55.1 Å². The van der Waals surface area contributed by atoms with Gasteiger partial charge in [-0.15, -0.1) is 0 Å². The zero-order valence-electron chi connectivity index (χ0n) is 12.7. The van der Waals surface area contributed by atoms with Crippen LogP contribution in [-0.2, 0) is 0 Å². The normalized spacial score (nSPS) is 10.1. The average molecular weight is 317 g/mol. The fraction of sp³-hybridized carbons (Fsp3) is 0. The van der Waals surface area contributed by atoms with Crippen LogP contribution >= 0.6 is 11.6 Å². The third kappa shape index (κ3) is 3.44. The maximum atomic E-state index is 6.03. The van der Waals surface area contributed by atoms with E-state index in [4.69, 9.17) is 11.6 Å². The smallest absolute Gasteiger partial charge is 0.0406 e. The molecule has 3 aromatic carbocycles. The Balaban J connectivity index is 2.27. The summed E-state index contributed by atoms with van der Waals surface area (Å²) < 4.78 is 0. The summed E-state index contributed by atoms with van der Waals surface area (Å²) in [5.41, 5.74) is 5.71. The van der Waals surface area contributed by atoms with Crippen molar-refractivity contribution in [3.63, 3.8) is 0 Å². The molecule has 23 heavy (non-hydrogen) atoms. The first kappa shape index (κ1) is 15.3. The minimum atomic E-state index is 0.734. The third-order valence-electron chi connectivity index (χ3n) is 3.75. The van der Waals surface area contributed by atoms with Crippen LogP contribution in [0.1, 0.15) is 16.7 Å². The molecular weight excluding hydrogens is 300 g/mol. The maximum Gasteiger partial charge on any atom is 0.0406 e. The van der Waals surface area contributed by atoms with E-state index >= 15 is 0 Å². The first-order valence-electron chi connectivity index (χ1n) is 7.53. The Labute approximate surface area is 142 Å². The zero-order valence-corrected chi connectivity index (χ0v) is 13.5. The highest BCUT2D eigenvalue weighted by atomic mass is 35.5. The molecule has 0 aromatic heterocycles. The Kier molecular flexibility index (Phi) is 4.75. The molecule has 0 fully saturated rings. The van der Waals surface area contributed by atoms with Crippen molar-refractivity contribution in [2.24, 2.45) is 0 Å². The predicted octanol–water partition coefficient (Wildman–Crippen LogP) is 6.49. The minimum absolute atomic E-state index is 0.734. The van der Waals surface area contributed by atoms with Crippen molar-refractivity contribution in [1.82, 2.24) is 0 Å². The molecule has 3 rings (SSSR count). The van der Waals surface area contributed by atoms with Crippen LogP contribution in [0.2, 0.25) is 5.02 Å². The van der Waals surface area contributed by atoms with E-state index in [0.717, 1.165) is 16.2 Å². The second-order valence-electron chi connectivity index (χ2n) is 5.23. The number of benzene rings is 3. The van der Waals surface area contributed by atoms with Gasteiger partial charge in [0.15, 0.2) is 0 Å². The van der Waals surface area contributed by atoms with Crippen LogP contribution in [0.15, 0.2) is 97.6 Å². The molecule has 0 aliphatic heterocycles. The van der Waals surface area contributed by atoms with E-state index in [1.54, 1.807) is 0 Å². The van der Waals surface area contributed by atoms with Crippen LogP contribution in [0.25, 0.3) is 11.1 Å². The van der Waals surface area contributed by atoms with Crippen LogP contribution in [-0.4, -0.2) is 0 Å². The van der Waals surface area contributed by atoms with E-state index in [1.807, 2.05) is 42.5 Å². The fourth-order valence-electron chi connectivity index (χ4n) is 2.68. The van der Waals surface area contributed by atoms with Gasteiger partial charge in [-0.05, 0) is 40.0 Å². The van der Waals surface area contributed by atoms with Crippen LogP contribution in [0.5, 0.6) is 0 Å². The van der Waals surface area contributed by atoms with Crippen molar-refractivity contribution in [2.75, 3.05) is 0 Å². The lowest BCUT2D eigenvalue weighted by atomic mass is 9.89. The summed E-state index contributed by atoms with van der Waals surface area (Å²) in [5.74, 6) is 0. The molecule has 3 aromatic rings. The quantitative estimate of drug-likeness (QED) is 0.381. The van der Waals surface area contributed by atoms with Crippen molar-refractivity contribution in [3.8, 4) is 0 Å². The lowest BCUT2D eigenvalue weighted by Crippen LogP contribution is -1.93. The molecule has 0 atom stereocenters. The van der Waals surface area contributed by atoms with Crippen molar-refractivity contribution in [3.05, 3.63) is 119 Å². The number of hydrogen-bond acceptors (Lipinski definition) is 0. The number of rotatable bonds is 4. The number of hydrogen-bond donors (Lipinski definition) is 0. The zero-order chi connectivity index (χ0) is 16.1. The maximum absolute atomic E-state index is 6.03. The fourth-order valence-corrected chi connectivity index (χ4v) is 2.81. The predicted molar refractivity (Wildman–Crippen MR) is 100 cm³/mol. The van der Waals surface area contributed by atoms with E-state index in [-0.39, 0.29) is 0 Å². The van der Waals surface area contributed by atoms with E-state index in [9.17, 15) is 0 Å². The molecule has 112 valence electrons. The molecule has 0 spiro atoms. The van der Waals surface area contributed by atoms with Gasteiger partial charge in [0, 0.05) is 5.02 Å². The van der Waals surface area contributed by atoms with Crippen LogP contribution in [0, 0.1) is 0 Å². The highest BCUT2D eigenvalue weighted by Gasteiger charge is 2.11. The Morgan fingerprint density at radius 2 is 1.13 bits per heavy atom. The van der Waals surface area contributed by atoms with E-state index in [1.165, 1.54) is 16.7 Å². The van der Waals surface area contributed by atoms with Crippen molar-refractivity contribution in [2.45, 2.75) is 0 Å². The molecule has 1 heteroatoms. The summed E-state index contributed by atoms with van der Waals surface area (Å²) in [5, 5.41) is 0.734. The van der Waals surface area contributed by atoms with Gasteiger partial charge in [-0.3, -0.25) is 0 Å². The lowest BCUT2D eigenvalue weighted by Gasteiger charge is -2.14. The molecule has 0 aliphatic rings. The molecule has 0 amide bonds. The van der Waals surface area contributed by atoms with Crippen molar-refractivity contribution >= 4 is 22.7 Å². The Bertz CT molecular complexity index is 771. The van der Waals surface area contributed by atoms with Gasteiger partial charge in [0.05, 0.1) is 0 Å². The van der Waals surface area contributed by atoms with Gasteiger partial charge in [0.25, 0.3) is 0 Å². The summed E-state index contributed by atoms with van der Waals surface area (Å²) in [7, 11) is 0. The van der Waals surface area contributed by atoms with E-state index in [0.29, 0.717) is 0 Å². The minimum Gasteiger partial charge on any atom is -0.0984 e. The van der Waals surface area contributed by atoms with Gasteiger partial charge < -0.3 is 0 Å². The molecule has 0 aliphatic carbocycles. The summed E-state index contributed by atoms with van der Waals surface area (Å²) in [4.78, 5) is 0. The molecule has 0 radical (unpaired) electrons. The molecule has 0 N–H and O–H groups in total. The van der Waals surface area contributed by atoms with Crippen LogP contribution < -0.4 is 0 Å². The SMILES string of the molecule is C=CC(=C(c1ccccc1)c1ccccc1)c1ccc(Cl)cc1. The van der Waals surface area contributed by atoms with Gasteiger partial charge in [-0.25, -0.2) is 0 Å². The monoisotopic (exact) mass is 316 g/mol. The number of halogens is 1. The molecule has 0 heterocycles. The third-order valence-corrected chi connectivity index (χ3v) is 4.01. The summed E-state index contributed by atoms with van der Waals surface area (Å²) in [6.07, 6.45) is 1.92. The lowest BCUT2D eigenvalue weighted by molar-refractivity contribution is 1.53. The van der Waals surface area contributed by atoms with Gasteiger partial charge >= 0.3 is 0 Å². The van der Waals surface area contributed by atoms with Crippen molar-refractivity contribution in [1.29, 1.82) is 0 Å². The average Bonchev–Trinajstić information content (AvgIpc) is 2.62. The second kappa shape index (κ2) is 7.13. The molecular formula is C22H17Cl. The molecule has 0 saturated carbocycles. The molecule has 0 nitrogen and oxygen atoms in total. The highest BCUT2D eigenvalue weighted by molar-refractivity contribution is 6.30. The Hall–Kier alpha value is -2.57. The molecule has 0 bridgehead atoms. The van der Waals surface area contributed by atoms with Gasteiger partial charge in [-0.2, -0.15) is 0 Å². The summed E-state index contributed by atoms with van der Waals surface area (Å²) >= 11 is 6.03. The molecule has 0 saturated heterocycles. The summed E-state index contributed by atoms with van der Waals surface area (Å²) in [6, 6.07) is 28.7. The summed E-state index contributed by atoms with van der Waals surface area (Å²) in [6.45, 7) is 4.04. The standard InChI is InChI=1S/C22H17Cl/c1-2-21(17-13-15-20(23)16-14-17)22(18-9-5-3-6-10-18)19-11-7-4-8-12-19/h2-16H,1H2. The topological polar surface area (TPSA) is 0 Å². The highest BCUT2D eigenvalue weighted by Crippen LogP contribution is 2.33. The molecule has 0 unspecified atom stereocenters.